The summed E-state index contributed by atoms with van der Waals surface area (Å²) in [5, 5.41) is 3.09. The lowest BCUT2D eigenvalue weighted by molar-refractivity contribution is -0.135. The molecule has 1 fully saturated rings. The minimum absolute atomic E-state index is 0.0769. The molecule has 5 aromatic carbocycles. The first-order valence-corrected chi connectivity index (χ1v) is 17.0. The van der Waals surface area contributed by atoms with Gasteiger partial charge in [-0.25, -0.2) is 9.79 Å². The number of para-hydroxylation sites is 3. The number of ether oxygens (including phenoxy) is 2. The number of aliphatic imine (C=N–C) groups is 1. The van der Waals surface area contributed by atoms with Crippen molar-refractivity contribution in [3.63, 3.8) is 0 Å². The summed E-state index contributed by atoms with van der Waals surface area (Å²) in [6, 6.07) is 44.6. The highest BCUT2D eigenvalue weighted by Crippen LogP contribution is 2.37. The van der Waals surface area contributed by atoms with E-state index >= 15 is 0 Å². The van der Waals surface area contributed by atoms with Gasteiger partial charge in [-0.15, -0.1) is 5.01 Å². The van der Waals surface area contributed by atoms with Crippen molar-refractivity contribution >= 4 is 46.2 Å². The molecule has 1 unspecified atom stereocenters. The van der Waals surface area contributed by atoms with E-state index in [9.17, 15) is 14.4 Å². The molecule has 2 N–H and O–H groups in total. The van der Waals surface area contributed by atoms with Crippen LogP contribution in [0.2, 0.25) is 0 Å². The molecule has 0 radical (unpaired) electrons. The largest absolute Gasteiger partial charge is 0.457 e. The van der Waals surface area contributed by atoms with Gasteiger partial charge in [0.05, 0.1) is 11.4 Å². The number of nitrogens with one attached hydrogen (secondary N) is 2. The molecule has 10 nitrogen and oxygen atoms in total. The maximum atomic E-state index is 12.9. The molecule has 0 saturated carbocycles. The van der Waals surface area contributed by atoms with E-state index in [4.69, 9.17) is 9.47 Å². The molecular weight excluding hydrogens is 651 g/mol. The van der Waals surface area contributed by atoms with E-state index in [1.807, 2.05) is 110 Å². The Morgan fingerprint density at radius 2 is 1.08 bits per heavy atom. The second kappa shape index (κ2) is 14.6. The first-order valence-electron chi connectivity index (χ1n) is 15.8. The summed E-state index contributed by atoms with van der Waals surface area (Å²) < 4.78 is 11.2. The van der Waals surface area contributed by atoms with Crippen LogP contribution in [0.4, 0.5) is 16.2 Å². The highest BCUT2D eigenvalue weighted by Gasteiger charge is 2.52. The molecule has 2 aliphatic rings. The number of anilines is 2. The number of thioether (sulfide) groups is 1. The summed E-state index contributed by atoms with van der Waals surface area (Å²) >= 11 is 1.45. The van der Waals surface area contributed by atoms with Gasteiger partial charge in [-0.05, 0) is 74.2 Å². The number of hydrazine groups is 2. The Morgan fingerprint density at radius 1 is 0.600 bits per heavy atom. The molecule has 7 rings (SSSR count). The minimum Gasteiger partial charge on any atom is -0.457 e. The second-order valence-electron chi connectivity index (χ2n) is 11.6. The maximum absolute atomic E-state index is 12.9. The van der Waals surface area contributed by atoms with Gasteiger partial charge < -0.3 is 9.47 Å². The third kappa shape index (κ3) is 7.03. The molecule has 3 amide bonds. The van der Waals surface area contributed by atoms with Crippen LogP contribution >= 0.6 is 11.8 Å². The van der Waals surface area contributed by atoms with Crippen molar-refractivity contribution in [2.45, 2.75) is 25.0 Å². The molecule has 252 valence electrons. The third-order valence-electron chi connectivity index (χ3n) is 8.15. The minimum atomic E-state index is -1.41. The van der Waals surface area contributed by atoms with Crippen molar-refractivity contribution in [3.8, 4) is 11.5 Å². The Kier molecular flexibility index (Phi) is 9.87. The Bertz CT molecular complexity index is 1980. The van der Waals surface area contributed by atoms with Crippen molar-refractivity contribution in [1.29, 1.82) is 0 Å². The van der Waals surface area contributed by atoms with Crippen molar-refractivity contribution in [2.75, 3.05) is 17.1 Å². The lowest BCUT2D eigenvalue weighted by atomic mass is 9.92. The van der Waals surface area contributed by atoms with Gasteiger partial charge in [0.1, 0.15) is 11.5 Å². The summed E-state index contributed by atoms with van der Waals surface area (Å²) in [4.78, 5) is 42.8. The quantitative estimate of drug-likeness (QED) is 0.168. The predicted molar refractivity (Wildman–Crippen MR) is 195 cm³/mol. The van der Waals surface area contributed by atoms with Crippen molar-refractivity contribution in [2.24, 2.45) is 4.99 Å². The highest BCUT2D eigenvalue weighted by atomic mass is 32.2. The van der Waals surface area contributed by atoms with Crippen LogP contribution in [-0.2, 0) is 25.5 Å². The summed E-state index contributed by atoms with van der Waals surface area (Å²) in [6.45, 7) is 3.43. The van der Waals surface area contributed by atoms with E-state index < -0.39 is 23.1 Å². The number of rotatable bonds is 8. The van der Waals surface area contributed by atoms with Crippen LogP contribution in [0.25, 0.3) is 0 Å². The Morgan fingerprint density at radius 3 is 1.62 bits per heavy atom. The molecule has 11 heteroatoms. The average molecular weight is 686 g/mol. The fourth-order valence-corrected chi connectivity index (χ4v) is 5.95. The van der Waals surface area contributed by atoms with Gasteiger partial charge in [0.15, 0.2) is 10.7 Å². The number of amidine groups is 1. The first-order chi connectivity index (χ1) is 24.2. The summed E-state index contributed by atoms with van der Waals surface area (Å²) in [6.07, 6.45) is 1.17. The van der Waals surface area contributed by atoms with E-state index in [1.165, 1.54) is 16.8 Å². The number of carbonyl (C=O) groups is 3. The van der Waals surface area contributed by atoms with Gasteiger partial charge in [-0.1, -0.05) is 109 Å². The van der Waals surface area contributed by atoms with Crippen LogP contribution in [0.1, 0.15) is 25.0 Å². The summed E-state index contributed by atoms with van der Waals surface area (Å²) in [5.74, 6) is 0.766. The van der Waals surface area contributed by atoms with Crippen molar-refractivity contribution in [1.82, 2.24) is 10.0 Å². The van der Waals surface area contributed by atoms with Crippen LogP contribution in [0.15, 0.2) is 151 Å². The molecule has 0 spiro atoms. The number of cyclic esters (lactones) is 1. The molecule has 50 heavy (non-hydrogen) atoms. The van der Waals surface area contributed by atoms with Crippen LogP contribution in [-0.4, -0.2) is 39.3 Å². The van der Waals surface area contributed by atoms with Crippen molar-refractivity contribution < 1.29 is 23.9 Å². The molecule has 2 heterocycles. The van der Waals surface area contributed by atoms with Gasteiger partial charge in [0.25, 0.3) is 11.8 Å². The smallest absolute Gasteiger partial charge is 0.437 e. The monoisotopic (exact) mass is 685 g/mol. The molecule has 1 saturated heterocycles. The number of nitrogens with zero attached hydrogens (tertiary/aromatic N) is 3. The molecule has 2 atom stereocenters. The van der Waals surface area contributed by atoms with Crippen LogP contribution < -0.4 is 15.6 Å². The lowest BCUT2D eigenvalue weighted by Crippen LogP contribution is -2.42. The van der Waals surface area contributed by atoms with Gasteiger partial charge >= 0.3 is 6.09 Å². The number of carbonyl (C=O) groups excluding carboxylic acids is 3. The zero-order chi connectivity index (χ0) is 35.1. The molecule has 0 aromatic heterocycles. The van der Waals surface area contributed by atoms with E-state index in [-0.39, 0.29) is 5.91 Å². The van der Waals surface area contributed by atoms with Gasteiger partial charge in [-0.3, -0.25) is 20.4 Å². The molecule has 5 aromatic rings. The van der Waals surface area contributed by atoms with Crippen LogP contribution in [0.5, 0.6) is 11.5 Å². The number of imide groups is 1. The Balaban J connectivity index is 0.000000178. The lowest BCUT2D eigenvalue weighted by Gasteiger charge is -2.23. The number of benzene rings is 5. The third-order valence-corrected chi connectivity index (χ3v) is 8.79. The number of amides is 3. The number of hydrogen-bond donors (Lipinski definition) is 2. The number of hydrogen-bond acceptors (Lipinski definition) is 9. The van der Waals surface area contributed by atoms with Gasteiger partial charge in [0.2, 0.25) is 5.60 Å². The fraction of sp³-hybridized carbons (Fsp3) is 0.128. The predicted octanol–water partition coefficient (Wildman–Crippen LogP) is 8.19. The zero-order valence-electron chi connectivity index (χ0n) is 27.6. The SMILES string of the molecule is CC1(c2ccc(Oc3ccccc3)cc2)OC(=O)N(Nc2ccccc2)C1=O.CSC1=N[C@@](C)(c2ccccc2)C(=O)N1Nc1ccccc1. The average Bonchev–Trinajstić information content (AvgIpc) is 3.53. The molecule has 2 aliphatic heterocycles. The molecule has 0 bridgehead atoms. The van der Waals surface area contributed by atoms with E-state index in [0.717, 1.165) is 16.3 Å². The summed E-state index contributed by atoms with van der Waals surface area (Å²) in [5.41, 5.74) is 6.56. The van der Waals surface area contributed by atoms with Gasteiger partial charge in [0, 0.05) is 5.56 Å². The van der Waals surface area contributed by atoms with Crippen LogP contribution in [0, 0.1) is 0 Å². The molecule has 0 aliphatic carbocycles. The normalized spacial score (nSPS) is 19.7. The Labute approximate surface area is 294 Å². The van der Waals surface area contributed by atoms with Crippen molar-refractivity contribution in [3.05, 3.63) is 157 Å². The first kappa shape index (κ1) is 33.8. The maximum Gasteiger partial charge on any atom is 0.437 e. The molecular formula is C39H35N5O5S. The van der Waals surface area contributed by atoms with E-state index in [0.29, 0.717) is 27.9 Å². The second-order valence-corrected chi connectivity index (χ2v) is 12.4. The highest BCUT2D eigenvalue weighted by molar-refractivity contribution is 8.13. The van der Waals surface area contributed by atoms with E-state index in [1.54, 1.807) is 55.5 Å². The summed E-state index contributed by atoms with van der Waals surface area (Å²) in [7, 11) is 0. The standard InChI is InChI=1S/C22H18N2O4.C17H17N3OS/c1-22(16-12-14-19(15-13-16)27-18-10-6-3-7-11-18)20(25)24(21(26)28-22)23-17-8-4-2-5-9-17;1-17(13-9-5-3-6-10-13)15(21)20(16(18-17)22-2)19-14-11-7-4-8-12-14/h2-15,23H,1H3;3-12,19H,1-2H3/t;17-/m.0/s1. The zero-order valence-corrected chi connectivity index (χ0v) is 28.5. The van der Waals surface area contributed by atoms with E-state index in [2.05, 4.69) is 15.8 Å². The topological polar surface area (TPSA) is 113 Å². The van der Waals surface area contributed by atoms with Gasteiger partial charge in [-0.2, -0.15) is 5.01 Å². The van der Waals surface area contributed by atoms with Crippen LogP contribution in [0.3, 0.4) is 0 Å². The Hall–Kier alpha value is -6.07. The fourth-order valence-electron chi connectivity index (χ4n) is 5.37.